The monoisotopic (exact) mass is 1320 g/mol. The molecule has 18 heteroatoms. The highest BCUT2D eigenvalue weighted by molar-refractivity contribution is 6.76. The molecular weight excluding hydrogens is 1190 g/mol. The summed E-state index contributed by atoms with van der Waals surface area (Å²) in [7, 11) is -10.4. The Morgan fingerprint density at radius 2 is 1.07 bits per heavy atom. The molecular formula is C70H130O13Si5. The van der Waals surface area contributed by atoms with Gasteiger partial charge in [0.15, 0.2) is 47.4 Å². The maximum absolute atomic E-state index is 15.4. The zero-order valence-corrected chi connectivity index (χ0v) is 65.9. The van der Waals surface area contributed by atoms with Crippen LogP contribution in [0.5, 0.6) is 0 Å². The van der Waals surface area contributed by atoms with Crippen LogP contribution < -0.4 is 0 Å². The maximum atomic E-state index is 15.4. The molecule has 5 saturated heterocycles. The molecule has 0 radical (unpaired) electrons. The molecule has 508 valence electrons. The highest BCUT2D eigenvalue weighted by Gasteiger charge is 2.59. The van der Waals surface area contributed by atoms with Gasteiger partial charge in [-0.3, -0.25) is 9.59 Å². The van der Waals surface area contributed by atoms with Gasteiger partial charge in [-0.05, 0) is 159 Å². The summed E-state index contributed by atoms with van der Waals surface area (Å²) in [6.07, 6.45) is 4.93. The first-order valence-electron chi connectivity index (χ1n) is 34.2. The van der Waals surface area contributed by atoms with Crippen LogP contribution in [0.4, 0.5) is 0 Å². The van der Waals surface area contributed by atoms with E-state index in [4.69, 9.17) is 50.6 Å². The summed E-state index contributed by atoms with van der Waals surface area (Å²) in [4.78, 5) is 29.7. The van der Waals surface area contributed by atoms with Crippen LogP contribution in [-0.2, 0) is 60.1 Å². The van der Waals surface area contributed by atoms with Gasteiger partial charge in [-0.25, -0.2) is 0 Å². The van der Waals surface area contributed by atoms with E-state index < -0.39 is 84.3 Å². The van der Waals surface area contributed by atoms with Crippen LogP contribution >= 0.6 is 0 Å². The predicted molar refractivity (Wildman–Crippen MR) is 371 cm³/mol. The van der Waals surface area contributed by atoms with Crippen molar-refractivity contribution < 1.29 is 60.1 Å². The van der Waals surface area contributed by atoms with Crippen LogP contribution in [0, 0.1) is 11.8 Å². The van der Waals surface area contributed by atoms with Gasteiger partial charge in [0.1, 0.15) is 30.2 Å². The first kappa shape index (κ1) is 76.2. The Labute approximate surface area is 542 Å². The number of ether oxygens (including phenoxy) is 6. The van der Waals surface area contributed by atoms with Gasteiger partial charge in [-0.15, -0.1) is 0 Å². The van der Waals surface area contributed by atoms with E-state index in [0.717, 1.165) is 36.8 Å². The Balaban J connectivity index is 1.45. The predicted octanol–water partition coefficient (Wildman–Crippen LogP) is 17.2. The molecule has 0 N–H and O–H groups in total. The molecule has 8 bridgehead atoms. The lowest BCUT2D eigenvalue weighted by Crippen LogP contribution is -2.69. The van der Waals surface area contributed by atoms with E-state index in [0.29, 0.717) is 45.1 Å². The normalized spacial score (nSPS) is 34.5. The van der Waals surface area contributed by atoms with E-state index in [9.17, 15) is 4.79 Å². The lowest BCUT2D eigenvalue weighted by molar-refractivity contribution is -0.266. The van der Waals surface area contributed by atoms with Crippen molar-refractivity contribution in [1.29, 1.82) is 0 Å². The van der Waals surface area contributed by atoms with Crippen molar-refractivity contribution in [2.24, 2.45) is 11.8 Å². The minimum Gasteiger partial charge on any atom is -0.414 e. The van der Waals surface area contributed by atoms with Gasteiger partial charge in [0.25, 0.3) is 0 Å². The number of Topliss-reactive ketones (excluding diaryl/α,β-unsaturated/α-hetero) is 1. The minimum atomic E-state index is -2.60. The standard InChI is InChI=1S/C70H130O13Si5/c1-45-38-51-33-36-55-46(2)39-50(75-55)32-30-48(71)31-35-57(81-86(24,25)68(10,11)12)63-65(83-88(28,29)70(16,17)18)64(82-87(26,27)69(13,14)15)62-56(79-63)37-34-52(77-62)40-49(72)41-54-59(43-58(76-51)47(45)3)78-60(61(54)73-19)42-53(80-85(22,23)67(7,8)9)44-74-84(20,21)66(4,5)6/h31,35,45,50-65H,2-3,30,32-34,36-44H2,1,4-29H3/b35-31+/t45-,50?,51+,52?,53+,54+,55?,56+,57+,58?,59+,60-,61-,62+,63+,64+,65-/m1/s1. The van der Waals surface area contributed by atoms with Crippen LogP contribution in [0.1, 0.15) is 188 Å². The number of carbonyl (C=O) groups excluding carboxylic acids is 2. The Bertz CT molecular complexity index is 2410. The van der Waals surface area contributed by atoms with E-state index in [-0.39, 0.29) is 110 Å². The number of hydrogen-bond acceptors (Lipinski definition) is 13. The quantitative estimate of drug-likeness (QED) is 0.121. The molecule has 0 spiro atoms. The van der Waals surface area contributed by atoms with Gasteiger partial charge in [0.05, 0.1) is 73.8 Å². The fourth-order valence-corrected chi connectivity index (χ4v) is 18.7. The fraction of sp³-hybridized carbons (Fsp3) is 0.886. The highest BCUT2D eigenvalue weighted by Crippen LogP contribution is 2.50. The molecule has 0 aliphatic carbocycles. The second-order valence-corrected chi connectivity index (χ2v) is 59.4. The molecule has 13 nitrogen and oxygen atoms in total. The van der Waals surface area contributed by atoms with E-state index in [2.05, 4.69) is 189 Å². The molecule has 8 heterocycles. The zero-order chi connectivity index (χ0) is 66.5. The molecule has 88 heavy (non-hydrogen) atoms. The van der Waals surface area contributed by atoms with Crippen molar-refractivity contribution in [3.05, 3.63) is 36.5 Å². The molecule has 0 aromatic rings. The van der Waals surface area contributed by atoms with Crippen molar-refractivity contribution in [3.8, 4) is 0 Å². The van der Waals surface area contributed by atoms with Gasteiger partial charge < -0.3 is 50.6 Å². The molecule has 4 unspecified atom stereocenters. The summed E-state index contributed by atoms with van der Waals surface area (Å²) in [5.74, 6) is 0.0629. The second kappa shape index (κ2) is 28.5. The molecule has 8 rings (SSSR count). The Morgan fingerprint density at radius 1 is 0.545 bits per heavy atom. The van der Waals surface area contributed by atoms with Crippen molar-refractivity contribution in [2.75, 3.05) is 13.7 Å². The molecule has 0 amide bonds. The number of rotatable bonds is 14. The molecule has 0 aromatic heterocycles. The molecule has 0 aromatic carbocycles. The van der Waals surface area contributed by atoms with Gasteiger partial charge in [-0.2, -0.15) is 0 Å². The average Bonchev–Trinajstić information content (AvgIpc) is 0.954. The summed E-state index contributed by atoms with van der Waals surface area (Å²) >= 11 is 0. The largest absolute Gasteiger partial charge is 0.414 e. The summed E-state index contributed by atoms with van der Waals surface area (Å²) in [5, 5.41) is -0.482. The van der Waals surface area contributed by atoms with E-state index in [1.807, 2.05) is 6.08 Å². The smallest absolute Gasteiger partial charge is 0.193 e. The third-order valence-corrected chi connectivity index (χ3v) is 46.0. The molecule has 8 aliphatic rings. The molecule has 0 saturated carbocycles. The van der Waals surface area contributed by atoms with Crippen molar-refractivity contribution in [1.82, 2.24) is 0 Å². The van der Waals surface area contributed by atoms with Gasteiger partial charge in [0.2, 0.25) is 0 Å². The third-order valence-electron chi connectivity index (χ3n) is 23.5. The SMILES string of the molecule is C=C1CC2CCC(=O)/C=C/[C@H](O[Si](C)(C)C(C)(C)C)[C@@H]3O[C@H]4CCC(CC(=O)C[C@@H]5[C@@H](OC)[C@@H](C[C@@H](CO[Si](C)(C)C(C)(C)C)O[Si](C)(C)C(C)(C)C)O[C@H]5CC5O[C@@H](CCC1O2)C[C@@H](C)C5=C)O[C@@H]4[C@H](O[Si](C)(C)C(C)(C)C)[C@@H]3O[Si](C)(C)C(C)(C)C. The Kier molecular flexibility index (Phi) is 24.7. The summed E-state index contributed by atoms with van der Waals surface area (Å²) < 4.78 is 80.3. The molecule has 17 atom stereocenters. The maximum Gasteiger partial charge on any atom is 0.193 e. The summed E-state index contributed by atoms with van der Waals surface area (Å²) in [5.41, 5.74) is 2.13. The first-order valence-corrected chi connectivity index (χ1v) is 48.8. The van der Waals surface area contributed by atoms with Crippen molar-refractivity contribution >= 4 is 53.2 Å². The fourth-order valence-electron chi connectivity index (χ4n) is 12.4. The van der Waals surface area contributed by atoms with Crippen LogP contribution in [0.2, 0.25) is 90.7 Å². The first-order chi connectivity index (χ1) is 40.0. The lowest BCUT2D eigenvalue weighted by atomic mass is 9.81. The van der Waals surface area contributed by atoms with Gasteiger partial charge in [-0.1, -0.05) is 130 Å². The number of carbonyl (C=O) groups is 2. The second-order valence-electron chi connectivity index (χ2n) is 35.5. The topological polar surface area (TPSA) is 136 Å². The number of fused-ring (bicyclic) bond motifs is 2. The van der Waals surface area contributed by atoms with Crippen molar-refractivity contribution in [3.63, 3.8) is 0 Å². The summed E-state index contributed by atoms with van der Waals surface area (Å²) in [6, 6.07) is 0. The number of ketones is 2. The zero-order valence-electron chi connectivity index (χ0n) is 60.9. The van der Waals surface area contributed by atoms with E-state index in [1.165, 1.54) is 0 Å². The number of hydrogen-bond donors (Lipinski definition) is 0. The summed E-state index contributed by atoms with van der Waals surface area (Å²) in [6.45, 7) is 68.9. The molecule has 8 aliphatic heterocycles. The Hall–Kier alpha value is -0.796. The number of allylic oxidation sites excluding steroid dienone is 1. The minimum absolute atomic E-state index is 0.0171. The van der Waals surface area contributed by atoms with E-state index in [1.54, 1.807) is 13.2 Å². The average molecular weight is 1320 g/mol. The molecule has 5 fully saturated rings. The van der Waals surface area contributed by atoms with Crippen LogP contribution in [0.25, 0.3) is 0 Å². The van der Waals surface area contributed by atoms with E-state index >= 15 is 4.79 Å². The highest BCUT2D eigenvalue weighted by atomic mass is 28.4. The van der Waals surface area contributed by atoms with Gasteiger partial charge >= 0.3 is 0 Å². The Morgan fingerprint density at radius 3 is 1.62 bits per heavy atom. The third kappa shape index (κ3) is 18.6. The van der Waals surface area contributed by atoms with Gasteiger partial charge in [0, 0.05) is 45.1 Å². The number of methoxy groups -OCH3 is 1. The van der Waals surface area contributed by atoms with Crippen LogP contribution in [-0.4, -0.2) is 158 Å². The van der Waals surface area contributed by atoms with Crippen molar-refractivity contribution in [2.45, 2.75) is 370 Å². The van der Waals surface area contributed by atoms with Crippen LogP contribution in [0.15, 0.2) is 36.5 Å². The lowest BCUT2D eigenvalue weighted by Gasteiger charge is -2.56. The van der Waals surface area contributed by atoms with Crippen LogP contribution in [0.3, 0.4) is 0 Å².